The van der Waals surface area contributed by atoms with Gasteiger partial charge in [-0.05, 0) is 38.2 Å². The molecule has 146 valence electrons. The summed E-state index contributed by atoms with van der Waals surface area (Å²) >= 11 is 1.81. The molecule has 1 aromatic carbocycles. The van der Waals surface area contributed by atoms with Crippen LogP contribution in [0.1, 0.15) is 33.6 Å². The van der Waals surface area contributed by atoms with E-state index in [-0.39, 0.29) is 28.9 Å². The second-order valence-corrected chi connectivity index (χ2v) is 7.20. The molecule has 1 aliphatic heterocycles. The summed E-state index contributed by atoms with van der Waals surface area (Å²) in [6, 6.07) is 8.09. The van der Waals surface area contributed by atoms with Crippen molar-refractivity contribution in [3.05, 3.63) is 24.3 Å². The van der Waals surface area contributed by atoms with Gasteiger partial charge in [0.05, 0.1) is 13.2 Å². The number of hydrogen-bond donors (Lipinski definition) is 2. The Labute approximate surface area is 169 Å². The van der Waals surface area contributed by atoms with Crippen molar-refractivity contribution in [3.8, 4) is 5.75 Å². The van der Waals surface area contributed by atoms with Crippen LogP contribution in [0.2, 0.25) is 0 Å². The largest absolute Gasteiger partial charge is 0.492 e. The number of benzene rings is 1. The maximum Gasteiger partial charge on any atom is 0.226 e. The third-order valence-corrected chi connectivity index (χ3v) is 4.66. The van der Waals surface area contributed by atoms with E-state index >= 15 is 0 Å². The molecule has 9 heteroatoms. The highest BCUT2D eigenvalue weighted by Gasteiger charge is 2.32. The molecular formula is C17H28BrN5O2S. The molecule has 7 nitrogen and oxygen atoms in total. The number of guanidine groups is 2. The van der Waals surface area contributed by atoms with Gasteiger partial charge >= 0.3 is 0 Å². The van der Waals surface area contributed by atoms with Gasteiger partial charge in [-0.2, -0.15) is 10.1 Å². The molecule has 2 rings (SSSR count). The number of para-hydroxylation sites is 1. The number of hydrogen-bond acceptors (Lipinski definition) is 8. The minimum absolute atomic E-state index is 0. The quantitative estimate of drug-likeness (QED) is 0.447. The van der Waals surface area contributed by atoms with Crippen LogP contribution < -0.4 is 16.2 Å². The Bertz CT molecular complexity index is 639. The van der Waals surface area contributed by atoms with Crippen LogP contribution in [0.5, 0.6) is 5.75 Å². The second-order valence-electron chi connectivity index (χ2n) is 6.06. The number of nitrogens with zero attached hydrogens (tertiary/aromatic N) is 3. The highest BCUT2D eigenvalue weighted by atomic mass is 79.9. The number of halogens is 1. The van der Waals surface area contributed by atoms with Gasteiger partial charge in [0.1, 0.15) is 5.75 Å². The minimum atomic E-state index is -0.680. The fraction of sp³-hybridized carbons (Fsp3) is 0.529. The fourth-order valence-electron chi connectivity index (χ4n) is 2.32. The molecule has 0 atom stereocenters. The Balaban J connectivity index is 0.00000338. The zero-order chi connectivity index (χ0) is 18.3. The predicted molar refractivity (Wildman–Crippen MR) is 113 cm³/mol. The van der Waals surface area contributed by atoms with Crippen molar-refractivity contribution in [1.82, 2.24) is 5.06 Å². The summed E-state index contributed by atoms with van der Waals surface area (Å²) in [5, 5.41) is 1.48. The Morgan fingerprint density at radius 2 is 1.92 bits per heavy atom. The van der Waals surface area contributed by atoms with E-state index in [9.17, 15) is 0 Å². The Hall–Kier alpha value is -1.45. The van der Waals surface area contributed by atoms with Crippen LogP contribution in [-0.4, -0.2) is 41.6 Å². The van der Waals surface area contributed by atoms with E-state index in [1.807, 2.05) is 43.8 Å². The van der Waals surface area contributed by atoms with Gasteiger partial charge in [-0.3, -0.25) is 4.84 Å². The molecule has 0 aliphatic carbocycles. The standard InChI is InChI=1S/C17H27N5O2S.BrH/c1-4-12-25-14-9-6-5-8-13(14)23-10-7-11-24-22-16(19)20-15(18)21-17(22,2)3;/h5-6,8-9H,4,7,10-12H2,1-3H3,(H4,18,19,20,21);1H. The Morgan fingerprint density at radius 1 is 1.19 bits per heavy atom. The number of nitrogens with two attached hydrogens (primary N) is 2. The lowest BCUT2D eigenvalue weighted by Crippen LogP contribution is -2.53. The first kappa shape index (κ1) is 22.6. The average Bonchev–Trinajstić information content (AvgIpc) is 2.54. The van der Waals surface area contributed by atoms with Crippen molar-refractivity contribution < 1.29 is 9.57 Å². The zero-order valence-corrected chi connectivity index (χ0v) is 18.0. The minimum Gasteiger partial charge on any atom is -0.492 e. The summed E-state index contributed by atoms with van der Waals surface area (Å²) in [5.74, 6) is 2.36. The molecule has 0 bridgehead atoms. The molecule has 0 saturated carbocycles. The highest BCUT2D eigenvalue weighted by Crippen LogP contribution is 2.29. The molecule has 4 N–H and O–H groups in total. The van der Waals surface area contributed by atoms with Crippen LogP contribution in [-0.2, 0) is 4.84 Å². The van der Waals surface area contributed by atoms with Crippen molar-refractivity contribution in [3.63, 3.8) is 0 Å². The van der Waals surface area contributed by atoms with Crippen molar-refractivity contribution in [2.75, 3.05) is 19.0 Å². The van der Waals surface area contributed by atoms with Crippen LogP contribution in [0.4, 0.5) is 0 Å². The molecule has 0 amide bonds. The van der Waals surface area contributed by atoms with Gasteiger partial charge in [0.25, 0.3) is 0 Å². The van der Waals surface area contributed by atoms with Gasteiger partial charge in [0.15, 0.2) is 5.66 Å². The molecule has 0 aromatic heterocycles. The van der Waals surface area contributed by atoms with E-state index in [1.165, 1.54) is 9.96 Å². The fourth-order valence-corrected chi connectivity index (χ4v) is 3.18. The molecular weight excluding hydrogens is 418 g/mol. The van der Waals surface area contributed by atoms with Crippen molar-refractivity contribution >= 4 is 40.7 Å². The maximum absolute atomic E-state index is 5.89. The summed E-state index contributed by atoms with van der Waals surface area (Å²) in [6.07, 6.45) is 1.85. The van der Waals surface area contributed by atoms with Gasteiger partial charge in [0.2, 0.25) is 11.9 Å². The van der Waals surface area contributed by atoms with Crippen molar-refractivity contribution in [2.24, 2.45) is 21.5 Å². The number of rotatable bonds is 9. The van der Waals surface area contributed by atoms with Gasteiger partial charge in [-0.1, -0.05) is 19.1 Å². The lowest BCUT2D eigenvalue weighted by atomic mass is 10.2. The summed E-state index contributed by atoms with van der Waals surface area (Å²) in [6.45, 7) is 6.89. The molecule has 0 unspecified atom stereocenters. The molecule has 26 heavy (non-hydrogen) atoms. The smallest absolute Gasteiger partial charge is 0.226 e. The van der Waals surface area contributed by atoms with E-state index in [2.05, 4.69) is 23.0 Å². The number of aliphatic imine (C=N–C) groups is 2. The number of thioether (sulfide) groups is 1. The van der Waals surface area contributed by atoms with E-state index in [1.54, 1.807) is 0 Å². The maximum atomic E-state index is 5.89. The first-order valence-corrected chi connectivity index (χ1v) is 9.40. The zero-order valence-electron chi connectivity index (χ0n) is 15.5. The summed E-state index contributed by atoms with van der Waals surface area (Å²) in [7, 11) is 0. The van der Waals surface area contributed by atoms with Gasteiger partial charge in [-0.15, -0.1) is 28.7 Å². The molecule has 0 fully saturated rings. The van der Waals surface area contributed by atoms with Gasteiger partial charge in [0, 0.05) is 11.3 Å². The third-order valence-electron chi connectivity index (χ3n) is 3.40. The van der Waals surface area contributed by atoms with E-state index in [0.717, 1.165) is 17.9 Å². The molecule has 0 saturated heterocycles. The van der Waals surface area contributed by atoms with Crippen molar-refractivity contribution in [1.29, 1.82) is 0 Å². The normalized spacial score (nSPS) is 15.7. The molecule has 1 aliphatic rings. The Kier molecular flexibility index (Phi) is 9.24. The number of ether oxygens (including phenoxy) is 1. The molecule has 1 aromatic rings. The second kappa shape index (κ2) is 10.6. The predicted octanol–water partition coefficient (Wildman–Crippen LogP) is 3.15. The summed E-state index contributed by atoms with van der Waals surface area (Å²) < 4.78 is 5.89. The van der Waals surface area contributed by atoms with Crippen LogP contribution in [0.3, 0.4) is 0 Å². The van der Waals surface area contributed by atoms with Crippen LogP contribution in [0.25, 0.3) is 0 Å². The first-order chi connectivity index (χ1) is 11.9. The SMILES string of the molecule is Br.CCCSc1ccccc1OCCCON1C(N)=NC(N)=NC1(C)C. The third kappa shape index (κ3) is 6.37. The Morgan fingerprint density at radius 3 is 2.62 bits per heavy atom. The van der Waals surface area contributed by atoms with Crippen LogP contribution in [0, 0.1) is 0 Å². The van der Waals surface area contributed by atoms with E-state index < -0.39 is 5.66 Å². The van der Waals surface area contributed by atoms with E-state index in [0.29, 0.717) is 19.6 Å². The monoisotopic (exact) mass is 445 g/mol. The van der Waals surface area contributed by atoms with Crippen LogP contribution >= 0.6 is 28.7 Å². The summed E-state index contributed by atoms with van der Waals surface area (Å²) in [5.41, 5.74) is 10.8. The van der Waals surface area contributed by atoms with Gasteiger partial charge < -0.3 is 16.2 Å². The first-order valence-electron chi connectivity index (χ1n) is 8.41. The topological polar surface area (TPSA) is 98.5 Å². The van der Waals surface area contributed by atoms with Gasteiger partial charge in [-0.25, -0.2) is 4.99 Å². The number of hydroxylamine groups is 2. The molecule has 1 heterocycles. The summed E-state index contributed by atoms with van der Waals surface area (Å²) in [4.78, 5) is 15.1. The highest BCUT2D eigenvalue weighted by molar-refractivity contribution is 8.93. The lowest BCUT2D eigenvalue weighted by molar-refractivity contribution is -0.158. The lowest BCUT2D eigenvalue weighted by Gasteiger charge is -2.36. The van der Waals surface area contributed by atoms with Crippen molar-refractivity contribution in [2.45, 2.75) is 44.2 Å². The average molecular weight is 446 g/mol. The van der Waals surface area contributed by atoms with E-state index in [4.69, 9.17) is 21.0 Å². The molecule has 0 radical (unpaired) electrons. The molecule has 0 spiro atoms. The van der Waals surface area contributed by atoms with Crippen LogP contribution in [0.15, 0.2) is 39.1 Å².